The number of hydrogen-bond acceptors (Lipinski definition) is 5. The molecule has 3 aromatic rings. The molecule has 0 aliphatic carbocycles. The summed E-state index contributed by atoms with van der Waals surface area (Å²) < 4.78 is 28.2. The Morgan fingerprint density at radius 1 is 1.20 bits per heavy atom. The van der Waals surface area contributed by atoms with Crippen molar-refractivity contribution in [2.45, 2.75) is 43.6 Å². The van der Waals surface area contributed by atoms with Gasteiger partial charge in [0.1, 0.15) is 5.82 Å². The van der Waals surface area contributed by atoms with Gasteiger partial charge < -0.3 is 0 Å². The molecule has 0 aliphatic rings. The van der Waals surface area contributed by atoms with Crippen molar-refractivity contribution in [1.29, 1.82) is 0 Å². The quantitative estimate of drug-likeness (QED) is 0.568. The fourth-order valence-corrected chi connectivity index (χ4v) is 3.22. The lowest BCUT2D eigenvalue weighted by Crippen LogP contribution is -2.03. The molecule has 0 unspecified atom stereocenters. The van der Waals surface area contributed by atoms with E-state index in [1.807, 2.05) is 12.1 Å². The fourth-order valence-electron chi connectivity index (χ4n) is 2.38. The van der Waals surface area contributed by atoms with Crippen LogP contribution in [-0.2, 0) is 12.2 Å². The average Bonchev–Trinajstić information content (AvgIpc) is 3.27. The van der Waals surface area contributed by atoms with E-state index in [1.54, 1.807) is 4.68 Å². The van der Waals surface area contributed by atoms with Crippen LogP contribution in [0.2, 0.25) is 0 Å². The van der Waals surface area contributed by atoms with Gasteiger partial charge in [-0.1, -0.05) is 37.2 Å². The second-order valence-corrected chi connectivity index (χ2v) is 6.40. The van der Waals surface area contributed by atoms with Crippen LogP contribution in [0.25, 0.3) is 5.69 Å². The molecule has 0 saturated heterocycles. The third-order valence-electron chi connectivity index (χ3n) is 3.73. The monoisotopic (exact) mass is 364 g/mol. The molecule has 0 fully saturated rings. The van der Waals surface area contributed by atoms with Crippen LogP contribution >= 0.6 is 11.8 Å². The van der Waals surface area contributed by atoms with Gasteiger partial charge in [0.05, 0.1) is 11.4 Å². The first-order valence-electron chi connectivity index (χ1n) is 7.99. The Labute approximate surface area is 148 Å². The van der Waals surface area contributed by atoms with Gasteiger partial charge in [-0.3, -0.25) is 4.57 Å². The lowest BCUT2D eigenvalue weighted by molar-refractivity contribution is 0.0678. The molecule has 0 N–H and O–H groups in total. The van der Waals surface area contributed by atoms with E-state index >= 15 is 0 Å². The van der Waals surface area contributed by atoms with Crippen LogP contribution in [0.4, 0.5) is 8.78 Å². The predicted octanol–water partition coefficient (Wildman–Crippen LogP) is 3.89. The molecular weight excluding hydrogens is 346 g/mol. The summed E-state index contributed by atoms with van der Waals surface area (Å²) in [4.78, 5) is 3.96. The summed E-state index contributed by atoms with van der Waals surface area (Å²) >= 11 is 1.27. The van der Waals surface area contributed by atoms with Crippen molar-refractivity contribution < 1.29 is 8.78 Å². The summed E-state index contributed by atoms with van der Waals surface area (Å²) in [5, 5.41) is 12.2. The number of benzene rings is 1. The zero-order valence-electron chi connectivity index (χ0n) is 13.7. The predicted molar refractivity (Wildman–Crippen MR) is 90.8 cm³/mol. The second-order valence-electron chi connectivity index (χ2n) is 5.46. The van der Waals surface area contributed by atoms with E-state index in [0.717, 1.165) is 29.5 Å². The van der Waals surface area contributed by atoms with Crippen molar-refractivity contribution in [1.82, 2.24) is 29.8 Å². The number of nitrogens with zero attached hydrogens (tertiary/aromatic N) is 6. The van der Waals surface area contributed by atoms with Crippen molar-refractivity contribution in [3.05, 3.63) is 48.0 Å². The van der Waals surface area contributed by atoms with Crippen LogP contribution in [0.3, 0.4) is 0 Å². The summed E-state index contributed by atoms with van der Waals surface area (Å²) in [5.74, 6) is 0.538. The molecule has 0 saturated carbocycles. The normalized spacial score (nSPS) is 11.4. The van der Waals surface area contributed by atoms with Gasteiger partial charge in [-0.2, -0.15) is 13.5 Å². The average molecular weight is 364 g/mol. The minimum absolute atomic E-state index is 0.256. The lowest BCUT2D eigenvalue weighted by Gasteiger charge is -2.07. The molecule has 6 nitrogen and oxygen atoms in total. The molecule has 9 heteroatoms. The molecule has 2 aromatic heterocycles. The number of halogens is 2. The molecule has 132 valence electrons. The van der Waals surface area contributed by atoms with Gasteiger partial charge in [0.25, 0.3) is 0 Å². The van der Waals surface area contributed by atoms with E-state index in [0.29, 0.717) is 5.16 Å². The van der Waals surface area contributed by atoms with Crippen LogP contribution < -0.4 is 0 Å². The Morgan fingerprint density at radius 2 is 2.00 bits per heavy atom. The molecule has 0 bridgehead atoms. The first-order valence-corrected chi connectivity index (χ1v) is 8.98. The summed E-state index contributed by atoms with van der Waals surface area (Å²) in [5.41, 5.74) is 2.11. The van der Waals surface area contributed by atoms with Crippen molar-refractivity contribution in [3.63, 3.8) is 0 Å². The first-order chi connectivity index (χ1) is 12.2. The maximum absolute atomic E-state index is 12.9. The smallest absolute Gasteiger partial charge is 0.277 e. The van der Waals surface area contributed by atoms with Crippen LogP contribution in [0.15, 0.2) is 41.8 Å². The second kappa shape index (κ2) is 8.19. The third kappa shape index (κ3) is 4.22. The molecule has 1 aromatic carbocycles. The topological polar surface area (TPSA) is 61.4 Å². The Bertz CT molecular complexity index is 799. The van der Waals surface area contributed by atoms with Gasteiger partial charge >= 0.3 is 6.55 Å². The highest BCUT2D eigenvalue weighted by Crippen LogP contribution is 2.24. The van der Waals surface area contributed by atoms with E-state index in [9.17, 15) is 8.78 Å². The standard InChI is InChI=1S/C16H18F2N6S/c1-2-3-4-12-5-7-13(8-6-12)24-16(20-21-22-24)25-11-14-19-9-10-23(14)15(17)18/h5-10,15H,2-4,11H2,1H3. The van der Waals surface area contributed by atoms with Gasteiger partial charge in [0.15, 0.2) is 0 Å². The zero-order chi connectivity index (χ0) is 17.6. The number of thioether (sulfide) groups is 1. The Morgan fingerprint density at radius 3 is 2.72 bits per heavy atom. The van der Waals surface area contributed by atoms with Crippen LogP contribution in [0, 0.1) is 0 Å². The molecule has 0 radical (unpaired) electrons. The van der Waals surface area contributed by atoms with E-state index in [2.05, 4.69) is 39.6 Å². The maximum atomic E-state index is 12.9. The summed E-state index contributed by atoms with van der Waals surface area (Å²) in [7, 11) is 0. The number of aryl methyl sites for hydroxylation is 1. The van der Waals surface area contributed by atoms with Crippen LogP contribution in [0.5, 0.6) is 0 Å². The number of aromatic nitrogens is 6. The highest BCUT2D eigenvalue weighted by Gasteiger charge is 2.14. The molecule has 0 spiro atoms. The number of imidazole rings is 1. The molecule has 0 atom stereocenters. The first kappa shape index (κ1) is 17.5. The van der Waals surface area contributed by atoms with Gasteiger partial charge in [-0.05, 0) is 41.0 Å². The number of hydrogen-bond donors (Lipinski definition) is 0. The molecule has 0 amide bonds. The van der Waals surface area contributed by atoms with Gasteiger partial charge in [0, 0.05) is 12.4 Å². The Balaban J connectivity index is 1.71. The fraction of sp³-hybridized carbons (Fsp3) is 0.375. The zero-order valence-corrected chi connectivity index (χ0v) is 14.5. The van der Waals surface area contributed by atoms with Gasteiger partial charge in [0.2, 0.25) is 5.16 Å². The van der Waals surface area contributed by atoms with Crippen LogP contribution in [0.1, 0.15) is 37.7 Å². The summed E-state index contributed by atoms with van der Waals surface area (Å²) in [6.07, 6.45) is 5.98. The van der Waals surface area contributed by atoms with E-state index in [4.69, 9.17) is 0 Å². The molecule has 0 aliphatic heterocycles. The summed E-state index contributed by atoms with van der Waals surface area (Å²) in [6, 6.07) is 8.05. The van der Waals surface area contributed by atoms with E-state index in [1.165, 1.54) is 29.7 Å². The van der Waals surface area contributed by atoms with Crippen LogP contribution in [-0.4, -0.2) is 29.8 Å². The van der Waals surface area contributed by atoms with Crippen molar-refractivity contribution in [2.75, 3.05) is 0 Å². The van der Waals surface area contributed by atoms with E-state index < -0.39 is 6.55 Å². The maximum Gasteiger partial charge on any atom is 0.319 e. The molecule has 25 heavy (non-hydrogen) atoms. The highest BCUT2D eigenvalue weighted by atomic mass is 32.2. The Hall–Kier alpha value is -2.29. The lowest BCUT2D eigenvalue weighted by atomic mass is 10.1. The molecule has 3 rings (SSSR count). The largest absolute Gasteiger partial charge is 0.319 e. The minimum Gasteiger partial charge on any atom is -0.277 e. The van der Waals surface area contributed by atoms with Gasteiger partial charge in [-0.25, -0.2) is 4.98 Å². The van der Waals surface area contributed by atoms with E-state index in [-0.39, 0.29) is 11.6 Å². The number of tetrazole rings is 1. The Kier molecular flexibility index (Phi) is 5.75. The summed E-state index contributed by atoms with van der Waals surface area (Å²) in [6.45, 7) is -0.442. The van der Waals surface area contributed by atoms with Crippen molar-refractivity contribution >= 4 is 11.8 Å². The SMILES string of the molecule is CCCCc1ccc(-n2nnnc2SCc2nccn2C(F)F)cc1. The van der Waals surface area contributed by atoms with Crippen molar-refractivity contribution in [2.24, 2.45) is 0 Å². The van der Waals surface area contributed by atoms with Crippen molar-refractivity contribution in [3.8, 4) is 5.69 Å². The molecule has 2 heterocycles. The number of rotatable bonds is 8. The molecular formula is C16H18F2N6S. The van der Waals surface area contributed by atoms with Gasteiger partial charge in [-0.15, -0.1) is 5.10 Å². The minimum atomic E-state index is -2.61. The number of unbranched alkanes of at least 4 members (excludes halogenated alkanes) is 1. The third-order valence-corrected chi connectivity index (χ3v) is 4.65. The highest BCUT2D eigenvalue weighted by molar-refractivity contribution is 7.98. The number of alkyl halides is 2.